The molecule has 0 radical (unpaired) electrons. The van der Waals surface area contributed by atoms with E-state index in [-0.39, 0.29) is 5.91 Å². The predicted molar refractivity (Wildman–Crippen MR) is 163 cm³/mol. The van der Waals surface area contributed by atoms with Crippen LogP contribution in [0.1, 0.15) is 36.5 Å². The molecule has 3 heterocycles. The zero-order chi connectivity index (χ0) is 27.3. The number of carbonyl (C=O) groups excluding carboxylic acids is 1. The van der Waals surface area contributed by atoms with E-state index >= 15 is 0 Å². The number of amides is 1. The van der Waals surface area contributed by atoms with Gasteiger partial charge in [-0.05, 0) is 79.4 Å². The number of hydrogen-bond acceptors (Lipinski definition) is 6. The summed E-state index contributed by atoms with van der Waals surface area (Å²) in [6.45, 7) is 4.59. The van der Waals surface area contributed by atoms with Crippen molar-refractivity contribution in [1.82, 2.24) is 9.88 Å². The molecule has 1 amide bonds. The van der Waals surface area contributed by atoms with Gasteiger partial charge < -0.3 is 10.6 Å². The summed E-state index contributed by atoms with van der Waals surface area (Å²) in [4.78, 5) is 20.5. The van der Waals surface area contributed by atoms with Crippen molar-refractivity contribution in [3.63, 3.8) is 0 Å². The number of hydrogen-bond donors (Lipinski definition) is 2. The van der Waals surface area contributed by atoms with E-state index in [4.69, 9.17) is 5.73 Å². The number of carbonyl (C=O) groups is 1. The molecule has 1 atom stereocenters. The molecule has 5 nitrogen and oxygen atoms in total. The van der Waals surface area contributed by atoms with Crippen LogP contribution in [0, 0.1) is 0 Å². The van der Waals surface area contributed by atoms with Crippen LogP contribution < -0.4 is 5.73 Å². The summed E-state index contributed by atoms with van der Waals surface area (Å²) in [7, 11) is -1.03. The molecule has 1 aliphatic heterocycles. The maximum absolute atomic E-state index is 12.3. The second kappa shape index (κ2) is 15.6. The Morgan fingerprint density at radius 3 is 2.21 bits per heavy atom. The fraction of sp³-hybridized carbons (Fsp3) is 0.267. The molecule has 2 aromatic heterocycles. The van der Waals surface area contributed by atoms with E-state index in [1.54, 1.807) is 23.8 Å². The summed E-state index contributed by atoms with van der Waals surface area (Å²) in [6, 6.07) is 25.2. The lowest BCUT2D eigenvalue weighted by atomic mass is 10.0. The van der Waals surface area contributed by atoms with Gasteiger partial charge in [0.15, 0.2) is 0 Å². The van der Waals surface area contributed by atoms with Crippen LogP contribution in [-0.2, 0) is 10.8 Å². The topological polar surface area (TPSA) is 76.3 Å². The standard InChI is InChI=1S/C18H19NO2S.C9H7NS2.C3H9N/c1-22(21)17-7-3-2-6-16(17)14-8-10-15(11-9-14)18(20)19-12-4-5-13-19;11-9-5-4-8(12-9)7-3-1-2-6-10-7;1-2-3-4/h2-3,6-11H,4-5,12-13H2,1H3;1-6,11H;2-4H2,1H3. The number of nitrogens with two attached hydrogens (primary N) is 1. The minimum atomic E-state index is -1.03. The predicted octanol–water partition coefficient (Wildman–Crippen LogP) is 6.78. The summed E-state index contributed by atoms with van der Waals surface area (Å²) in [5.41, 5.74) is 8.72. The fourth-order valence-electron chi connectivity index (χ4n) is 3.82. The highest BCUT2D eigenvalue weighted by Gasteiger charge is 2.19. The van der Waals surface area contributed by atoms with Crippen molar-refractivity contribution >= 4 is 40.7 Å². The third-order valence-electron chi connectivity index (χ3n) is 5.83. The molecule has 2 aromatic carbocycles. The van der Waals surface area contributed by atoms with Crippen molar-refractivity contribution < 1.29 is 9.00 Å². The number of nitrogens with zero attached hydrogens (tertiary/aromatic N) is 2. The number of likely N-dealkylation sites (tertiary alicyclic amines) is 1. The molecule has 2 N–H and O–H groups in total. The average Bonchev–Trinajstić information content (AvgIpc) is 3.66. The molecular formula is C30H35N3O2S3. The number of benzene rings is 2. The van der Waals surface area contributed by atoms with Crippen LogP contribution in [0.25, 0.3) is 21.7 Å². The molecule has 38 heavy (non-hydrogen) atoms. The summed E-state index contributed by atoms with van der Waals surface area (Å²) < 4.78 is 12.9. The van der Waals surface area contributed by atoms with Crippen LogP contribution in [0.5, 0.6) is 0 Å². The molecule has 0 aliphatic carbocycles. The Hall–Kier alpha value is -2.78. The van der Waals surface area contributed by atoms with Crippen molar-refractivity contribution in [2.45, 2.75) is 35.3 Å². The van der Waals surface area contributed by atoms with E-state index in [1.165, 1.54) is 4.88 Å². The number of thiol groups is 1. The van der Waals surface area contributed by atoms with Gasteiger partial charge in [-0.1, -0.05) is 43.3 Å². The van der Waals surface area contributed by atoms with Crippen molar-refractivity contribution in [3.8, 4) is 21.7 Å². The SMILES string of the molecule is CCCN.CS(=O)c1ccccc1-c1ccc(C(=O)N2CCCC2)cc1.Sc1ccc(-c2ccccn2)s1. The Balaban J connectivity index is 0.000000209. The number of rotatable bonds is 5. The Labute approximate surface area is 238 Å². The van der Waals surface area contributed by atoms with E-state index in [9.17, 15) is 9.00 Å². The van der Waals surface area contributed by atoms with Gasteiger partial charge in [-0.2, -0.15) is 0 Å². The number of aromatic nitrogens is 1. The van der Waals surface area contributed by atoms with Gasteiger partial charge in [0.25, 0.3) is 5.91 Å². The molecule has 1 saturated heterocycles. The second-order valence-corrected chi connectivity index (χ2v) is 11.9. The molecule has 0 bridgehead atoms. The highest BCUT2D eigenvalue weighted by molar-refractivity contribution is 7.84. The van der Waals surface area contributed by atoms with Crippen LogP contribution in [0.4, 0.5) is 0 Å². The smallest absolute Gasteiger partial charge is 0.253 e. The Morgan fingerprint density at radius 1 is 1.00 bits per heavy atom. The fourth-order valence-corrected chi connectivity index (χ4v) is 5.68. The van der Waals surface area contributed by atoms with Gasteiger partial charge in [0.05, 0.1) is 25.6 Å². The quantitative estimate of drug-likeness (QED) is 0.262. The average molecular weight is 566 g/mol. The second-order valence-electron chi connectivity index (χ2n) is 8.67. The van der Waals surface area contributed by atoms with E-state index in [1.807, 2.05) is 83.8 Å². The maximum atomic E-state index is 12.3. The first-order valence-electron chi connectivity index (χ1n) is 12.7. The Morgan fingerprint density at radius 2 is 1.66 bits per heavy atom. The first-order chi connectivity index (χ1) is 18.4. The van der Waals surface area contributed by atoms with Gasteiger partial charge in [0, 0.05) is 36.0 Å². The number of thiophene rings is 1. The lowest BCUT2D eigenvalue weighted by Crippen LogP contribution is -2.27. The first kappa shape index (κ1) is 29.8. The molecule has 5 rings (SSSR count). The van der Waals surface area contributed by atoms with Crippen LogP contribution in [-0.4, -0.2) is 45.9 Å². The normalized spacial score (nSPS) is 13.1. The van der Waals surface area contributed by atoms with E-state index in [0.29, 0.717) is 0 Å². The highest BCUT2D eigenvalue weighted by atomic mass is 32.2. The summed E-state index contributed by atoms with van der Waals surface area (Å²) in [5.74, 6) is 0.108. The third kappa shape index (κ3) is 8.63. The monoisotopic (exact) mass is 565 g/mol. The number of pyridine rings is 1. The summed E-state index contributed by atoms with van der Waals surface area (Å²) >= 11 is 5.89. The van der Waals surface area contributed by atoms with Crippen LogP contribution in [0.3, 0.4) is 0 Å². The molecule has 1 aliphatic rings. The van der Waals surface area contributed by atoms with Crippen LogP contribution >= 0.6 is 24.0 Å². The molecular weight excluding hydrogens is 531 g/mol. The van der Waals surface area contributed by atoms with Gasteiger partial charge >= 0.3 is 0 Å². The molecule has 0 saturated carbocycles. The lowest BCUT2D eigenvalue weighted by Gasteiger charge is -2.15. The minimum absolute atomic E-state index is 0.108. The van der Waals surface area contributed by atoms with Gasteiger partial charge in [-0.15, -0.1) is 24.0 Å². The molecule has 8 heteroatoms. The van der Waals surface area contributed by atoms with E-state index < -0.39 is 10.8 Å². The molecule has 0 spiro atoms. The highest BCUT2D eigenvalue weighted by Crippen LogP contribution is 2.28. The van der Waals surface area contributed by atoms with Gasteiger partial charge in [-0.25, -0.2) is 0 Å². The summed E-state index contributed by atoms with van der Waals surface area (Å²) in [5, 5.41) is 0. The largest absolute Gasteiger partial charge is 0.339 e. The van der Waals surface area contributed by atoms with Crippen molar-refractivity contribution in [2.75, 3.05) is 25.9 Å². The van der Waals surface area contributed by atoms with Crippen molar-refractivity contribution in [3.05, 3.63) is 90.6 Å². The third-order valence-corrected chi connectivity index (χ3v) is 8.14. The van der Waals surface area contributed by atoms with Crippen LogP contribution in [0.15, 0.2) is 94.2 Å². The zero-order valence-corrected chi connectivity index (χ0v) is 24.4. The molecule has 200 valence electrons. The zero-order valence-electron chi connectivity index (χ0n) is 21.9. The van der Waals surface area contributed by atoms with Crippen molar-refractivity contribution in [1.29, 1.82) is 0 Å². The van der Waals surface area contributed by atoms with Crippen molar-refractivity contribution in [2.24, 2.45) is 5.73 Å². The molecule has 1 unspecified atom stereocenters. The van der Waals surface area contributed by atoms with E-state index in [0.717, 1.165) is 70.4 Å². The first-order valence-corrected chi connectivity index (χ1v) is 15.5. The van der Waals surface area contributed by atoms with Crippen LogP contribution in [0.2, 0.25) is 0 Å². The summed E-state index contributed by atoms with van der Waals surface area (Å²) in [6.07, 6.45) is 6.77. The van der Waals surface area contributed by atoms with Gasteiger partial charge in [-0.3, -0.25) is 14.0 Å². The van der Waals surface area contributed by atoms with Gasteiger partial charge in [0.1, 0.15) is 0 Å². The molecule has 4 aromatic rings. The van der Waals surface area contributed by atoms with Gasteiger partial charge in [0.2, 0.25) is 0 Å². The van der Waals surface area contributed by atoms with E-state index in [2.05, 4.69) is 24.5 Å². The maximum Gasteiger partial charge on any atom is 0.253 e. The Kier molecular flexibility index (Phi) is 12.2. The molecule has 1 fully saturated rings. The lowest BCUT2D eigenvalue weighted by molar-refractivity contribution is 0.0793. The Bertz CT molecular complexity index is 1300. The minimum Gasteiger partial charge on any atom is -0.339 e.